The first kappa shape index (κ1) is 24.1. The minimum atomic E-state index is -4.51. The molecule has 33 heavy (non-hydrogen) atoms. The summed E-state index contributed by atoms with van der Waals surface area (Å²) in [6, 6.07) is 13.2. The summed E-state index contributed by atoms with van der Waals surface area (Å²) < 4.78 is 45.3. The van der Waals surface area contributed by atoms with Gasteiger partial charge in [-0.3, -0.25) is 4.79 Å². The zero-order valence-electron chi connectivity index (χ0n) is 17.6. The molecule has 1 aromatic heterocycles. The molecule has 3 rings (SSSR count). The van der Waals surface area contributed by atoms with Crippen LogP contribution in [0.3, 0.4) is 0 Å². The molecule has 3 aromatic rings. The van der Waals surface area contributed by atoms with Gasteiger partial charge in [0.25, 0.3) is 0 Å². The Balaban J connectivity index is 1.49. The molecular weight excluding hydrogens is 437 g/mol. The van der Waals surface area contributed by atoms with Gasteiger partial charge in [0.05, 0.1) is 24.5 Å². The first-order valence-corrected chi connectivity index (χ1v) is 10.2. The summed E-state index contributed by atoms with van der Waals surface area (Å²) in [5.74, 6) is -0.841. The minimum Gasteiger partial charge on any atom is -0.481 e. The number of hydrogen-bond acceptors (Lipinski definition) is 5. The predicted octanol–water partition coefficient (Wildman–Crippen LogP) is 5.27. The number of carboxylic acids is 1. The Labute approximate surface area is 188 Å². The van der Waals surface area contributed by atoms with Gasteiger partial charge in [0.15, 0.2) is 0 Å². The highest BCUT2D eigenvalue weighted by Gasteiger charge is 2.34. The number of nitrogens with zero attached hydrogens (tertiary/aromatic N) is 1. The lowest BCUT2D eigenvalue weighted by Gasteiger charge is -2.13. The average molecular weight is 460 g/mol. The van der Waals surface area contributed by atoms with E-state index in [-0.39, 0.29) is 18.6 Å². The van der Waals surface area contributed by atoms with Crippen molar-refractivity contribution in [3.05, 3.63) is 83.3 Å². The van der Waals surface area contributed by atoms with Crippen molar-refractivity contribution in [1.82, 2.24) is 5.32 Å². The van der Waals surface area contributed by atoms with Crippen LogP contribution in [0.2, 0.25) is 0 Å². The van der Waals surface area contributed by atoms with Crippen molar-refractivity contribution in [3.63, 3.8) is 0 Å². The Kier molecular flexibility index (Phi) is 8.26. The third-order valence-electron chi connectivity index (χ3n) is 4.80. The highest BCUT2D eigenvalue weighted by atomic mass is 19.4. The fourth-order valence-corrected chi connectivity index (χ4v) is 3.11. The summed E-state index contributed by atoms with van der Waals surface area (Å²) in [5.41, 5.74) is 2.01. The molecule has 0 spiro atoms. The molecule has 0 radical (unpaired) electrons. The van der Waals surface area contributed by atoms with E-state index in [1.165, 1.54) is 24.7 Å². The molecule has 0 bridgehead atoms. The van der Waals surface area contributed by atoms with Gasteiger partial charge in [0, 0.05) is 31.3 Å². The molecule has 0 aliphatic heterocycles. The smallest absolute Gasteiger partial charge is 0.417 e. The summed E-state index contributed by atoms with van der Waals surface area (Å²) in [6.07, 6.45) is 0.205. The lowest BCUT2D eigenvalue weighted by molar-refractivity contribution is -0.138. The largest absolute Gasteiger partial charge is 0.481 e. The van der Waals surface area contributed by atoms with Gasteiger partial charge >= 0.3 is 12.1 Å². The van der Waals surface area contributed by atoms with Crippen molar-refractivity contribution in [2.24, 2.45) is 5.16 Å². The van der Waals surface area contributed by atoms with Crippen LogP contribution in [0.1, 0.15) is 28.7 Å². The number of carboxylic acid groups (broad SMARTS) is 1. The van der Waals surface area contributed by atoms with Crippen LogP contribution in [0, 0.1) is 0 Å². The number of alkyl halides is 3. The maximum atomic E-state index is 13.5. The summed E-state index contributed by atoms with van der Waals surface area (Å²) in [5, 5.41) is 15.5. The van der Waals surface area contributed by atoms with Gasteiger partial charge in [-0.25, -0.2) is 0 Å². The molecule has 0 saturated heterocycles. The number of nitrogens with one attached hydrogen (secondary N) is 1. The zero-order valence-corrected chi connectivity index (χ0v) is 17.6. The highest BCUT2D eigenvalue weighted by Crippen LogP contribution is 2.38. The van der Waals surface area contributed by atoms with E-state index in [4.69, 9.17) is 14.4 Å². The molecule has 0 aliphatic rings. The van der Waals surface area contributed by atoms with E-state index in [2.05, 4.69) is 10.5 Å². The van der Waals surface area contributed by atoms with Crippen LogP contribution in [0.4, 0.5) is 13.2 Å². The molecule has 174 valence electrons. The highest BCUT2D eigenvalue weighted by molar-refractivity contribution is 5.68. The maximum Gasteiger partial charge on any atom is 0.417 e. The number of rotatable bonds is 11. The Morgan fingerprint density at radius 1 is 1.09 bits per heavy atom. The molecule has 2 N–H and O–H groups in total. The third-order valence-corrected chi connectivity index (χ3v) is 4.80. The van der Waals surface area contributed by atoms with E-state index in [0.29, 0.717) is 30.6 Å². The third kappa shape index (κ3) is 7.50. The zero-order chi connectivity index (χ0) is 23.7. The van der Waals surface area contributed by atoms with Crippen LogP contribution in [0.25, 0.3) is 11.1 Å². The van der Waals surface area contributed by atoms with Gasteiger partial charge in [-0.1, -0.05) is 41.6 Å². The topological polar surface area (TPSA) is 84.1 Å². The lowest BCUT2D eigenvalue weighted by Crippen LogP contribution is -2.17. The maximum absolute atomic E-state index is 13.5. The fraction of sp³-hybridized carbons (Fsp3) is 0.250. The number of halogens is 3. The van der Waals surface area contributed by atoms with Gasteiger partial charge < -0.3 is 19.7 Å². The molecule has 0 amide bonds. The first-order chi connectivity index (χ1) is 15.8. The van der Waals surface area contributed by atoms with Crippen molar-refractivity contribution >= 4 is 12.2 Å². The summed E-state index contributed by atoms with van der Waals surface area (Å²) >= 11 is 0. The van der Waals surface area contributed by atoms with Gasteiger partial charge in [0.2, 0.25) is 0 Å². The average Bonchev–Trinajstić information content (AvgIpc) is 3.31. The molecule has 0 atom stereocenters. The van der Waals surface area contributed by atoms with Gasteiger partial charge in [-0.15, -0.1) is 0 Å². The molecule has 0 aliphatic carbocycles. The summed E-state index contributed by atoms with van der Waals surface area (Å²) in [6.45, 7) is 0.883. The van der Waals surface area contributed by atoms with Crippen LogP contribution >= 0.6 is 0 Å². The standard InChI is InChI=1S/C24H23F3N2O4/c25-24(26,27)22-13-19(5-6-21(22)20-9-12-32-16-20)15-33-29-11-7-17-1-3-18(4-2-17)14-28-10-8-23(30)31/h1-6,9,11-13,16,28H,7-8,10,14-15H2,(H,30,31). The summed E-state index contributed by atoms with van der Waals surface area (Å²) in [7, 11) is 0. The van der Waals surface area contributed by atoms with Crippen molar-refractivity contribution in [1.29, 1.82) is 0 Å². The van der Waals surface area contributed by atoms with Crippen LogP contribution in [-0.2, 0) is 35.4 Å². The van der Waals surface area contributed by atoms with Gasteiger partial charge in [-0.05, 0) is 34.4 Å². The van der Waals surface area contributed by atoms with Gasteiger partial charge in [-0.2, -0.15) is 13.2 Å². The van der Waals surface area contributed by atoms with Crippen LogP contribution in [0.5, 0.6) is 0 Å². The van der Waals surface area contributed by atoms with E-state index < -0.39 is 17.7 Å². The van der Waals surface area contributed by atoms with Crippen LogP contribution in [0.15, 0.2) is 70.6 Å². The molecule has 1 heterocycles. The van der Waals surface area contributed by atoms with Crippen molar-refractivity contribution in [2.45, 2.75) is 32.2 Å². The Morgan fingerprint density at radius 2 is 1.82 bits per heavy atom. The molecule has 2 aromatic carbocycles. The van der Waals surface area contributed by atoms with E-state index in [9.17, 15) is 18.0 Å². The predicted molar refractivity (Wildman–Crippen MR) is 117 cm³/mol. The molecule has 0 saturated carbocycles. The number of benzene rings is 2. The molecule has 6 nitrogen and oxygen atoms in total. The number of furan rings is 1. The monoisotopic (exact) mass is 460 g/mol. The number of aliphatic carboxylic acids is 1. The van der Waals surface area contributed by atoms with E-state index in [1.807, 2.05) is 24.3 Å². The Morgan fingerprint density at radius 3 is 2.48 bits per heavy atom. The van der Waals surface area contributed by atoms with E-state index in [1.54, 1.807) is 12.3 Å². The molecular formula is C24H23F3N2O4. The SMILES string of the molecule is O=C(O)CCNCc1ccc(CC=NOCc2ccc(-c3ccoc3)c(C(F)(F)F)c2)cc1. The van der Waals surface area contributed by atoms with Crippen LogP contribution < -0.4 is 5.32 Å². The normalized spacial score (nSPS) is 11.7. The van der Waals surface area contributed by atoms with Crippen molar-refractivity contribution in [3.8, 4) is 11.1 Å². The second-order valence-electron chi connectivity index (χ2n) is 7.29. The molecule has 0 fully saturated rings. The lowest BCUT2D eigenvalue weighted by atomic mass is 9.99. The Hall–Kier alpha value is -3.59. The minimum absolute atomic E-state index is 0.0454. The fourth-order valence-electron chi connectivity index (χ4n) is 3.11. The summed E-state index contributed by atoms with van der Waals surface area (Å²) in [4.78, 5) is 15.7. The number of carbonyl (C=O) groups is 1. The first-order valence-electron chi connectivity index (χ1n) is 10.2. The quantitative estimate of drug-likeness (QED) is 0.231. The molecule has 9 heteroatoms. The second kappa shape index (κ2) is 11.3. The van der Waals surface area contributed by atoms with Crippen LogP contribution in [-0.4, -0.2) is 23.8 Å². The number of oxime groups is 1. The Bertz CT molecular complexity index is 1060. The van der Waals surface area contributed by atoms with E-state index >= 15 is 0 Å². The second-order valence-corrected chi connectivity index (χ2v) is 7.29. The van der Waals surface area contributed by atoms with E-state index in [0.717, 1.165) is 17.2 Å². The van der Waals surface area contributed by atoms with Crippen molar-refractivity contribution in [2.75, 3.05) is 6.54 Å². The molecule has 0 unspecified atom stereocenters. The van der Waals surface area contributed by atoms with Gasteiger partial charge in [0.1, 0.15) is 6.61 Å². The van der Waals surface area contributed by atoms with Crippen molar-refractivity contribution < 1.29 is 32.3 Å². The number of hydrogen-bond donors (Lipinski definition) is 2.